The van der Waals surface area contributed by atoms with Crippen LogP contribution in [-0.2, 0) is 4.74 Å². The van der Waals surface area contributed by atoms with E-state index in [-0.39, 0.29) is 5.91 Å². The molecule has 0 aromatic carbocycles. The number of aromatic nitrogens is 2. The first kappa shape index (κ1) is 13.7. The molecule has 2 N–H and O–H groups in total. The highest BCUT2D eigenvalue weighted by Crippen LogP contribution is 2.03. The highest BCUT2D eigenvalue weighted by molar-refractivity contribution is 5.91. The van der Waals surface area contributed by atoms with Gasteiger partial charge in [0, 0.05) is 19.6 Å². The van der Waals surface area contributed by atoms with E-state index in [0.29, 0.717) is 37.8 Å². The Morgan fingerprint density at radius 3 is 2.95 bits per heavy atom. The minimum absolute atomic E-state index is 0.241. The van der Waals surface area contributed by atoms with Crippen molar-refractivity contribution in [2.75, 3.05) is 38.2 Å². The maximum absolute atomic E-state index is 12.0. The van der Waals surface area contributed by atoms with Crippen LogP contribution in [0.5, 0.6) is 0 Å². The molecule has 1 amide bonds. The molecule has 1 aromatic rings. The summed E-state index contributed by atoms with van der Waals surface area (Å²) in [7, 11) is 0. The topological polar surface area (TPSA) is 79.4 Å². The van der Waals surface area contributed by atoms with Gasteiger partial charge >= 0.3 is 0 Å². The molecular formula is C12H19N5O2. The number of hydrazine groups is 1. The molecule has 0 aliphatic carbocycles. The quantitative estimate of drug-likeness (QED) is 0.796. The third-order valence-corrected chi connectivity index (χ3v) is 2.69. The van der Waals surface area contributed by atoms with Crippen LogP contribution in [0.4, 0.5) is 5.82 Å². The van der Waals surface area contributed by atoms with E-state index in [2.05, 4.69) is 27.6 Å². The fraction of sp³-hybridized carbons (Fsp3) is 0.583. The van der Waals surface area contributed by atoms with Crippen molar-refractivity contribution in [1.82, 2.24) is 20.4 Å². The predicted molar refractivity (Wildman–Crippen MR) is 70.7 cm³/mol. The van der Waals surface area contributed by atoms with E-state index in [0.717, 1.165) is 13.0 Å². The van der Waals surface area contributed by atoms with Gasteiger partial charge in [-0.3, -0.25) is 15.2 Å². The van der Waals surface area contributed by atoms with E-state index < -0.39 is 0 Å². The van der Waals surface area contributed by atoms with E-state index in [4.69, 9.17) is 4.74 Å². The van der Waals surface area contributed by atoms with Gasteiger partial charge in [-0.2, -0.15) is 0 Å². The van der Waals surface area contributed by atoms with Crippen molar-refractivity contribution in [3.63, 3.8) is 0 Å². The maximum atomic E-state index is 12.0. The van der Waals surface area contributed by atoms with Crippen molar-refractivity contribution in [3.05, 3.63) is 18.1 Å². The lowest BCUT2D eigenvalue weighted by Crippen LogP contribution is -2.48. The summed E-state index contributed by atoms with van der Waals surface area (Å²) in [4.78, 5) is 20.3. The lowest BCUT2D eigenvalue weighted by molar-refractivity contribution is 0.0124. The van der Waals surface area contributed by atoms with Crippen molar-refractivity contribution in [2.24, 2.45) is 0 Å². The predicted octanol–water partition coefficient (Wildman–Crippen LogP) is 0.276. The number of nitrogens with one attached hydrogen (secondary N) is 2. The van der Waals surface area contributed by atoms with Crippen LogP contribution >= 0.6 is 0 Å². The third-order valence-electron chi connectivity index (χ3n) is 2.69. The summed E-state index contributed by atoms with van der Waals surface area (Å²) in [6.07, 6.45) is 4.07. The van der Waals surface area contributed by atoms with Crippen LogP contribution in [0.3, 0.4) is 0 Å². The van der Waals surface area contributed by atoms with Gasteiger partial charge in [0.15, 0.2) is 0 Å². The van der Waals surface area contributed by atoms with Crippen molar-refractivity contribution >= 4 is 11.7 Å². The number of hydrogen-bond acceptors (Lipinski definition) is 6. The van der Waals surface area contributed by atoms with Gasteiger partial charge in [0.25, 0.3) is 5.91 Å². The Morgan fingerprint density at radius 2 is 2.21 bits per heavy atom. The molecule has 2 heterocycles. The molecular weight excluding hydrogens is 246 g/mol. The van der Waals surface area contributed by atoms with Crippen LogP contribution in [0.15, 0.2) is 12.4 Å². The molecule has 0 bridgehead atoms. The first-order valence-corrected chi connectivity index (χ1v) is 6.49. The second kappa shape index (κ2) is 7.01. The normalized spacial score (nSPS) is 16.1. The zero-order valence-corrected chi connectivity index (χ0v) is 11.1. The molecule has 0 spiro atoms. The summed E-state index contributed by atoms with van der Waals surface area (Å²) in [5, 5.41) is 4.94. The number of ether oxygens (including phenoxy) is 1. The minimum atomic E-state index is -0.241. The van der Waals surface area contributed by atoms with Gasteiger partial charge in [0.2, 0.25) is 0 Å². The molecule has 2 rings (SSSR count). The van der Waals surface area contributed by atoms with E-state index >= 15 is 0 Å². The number of nitrogens with zero attached hydrogens (tertiary/aromatic N) is 3. The number of hydrogen-bond donors (Lipinski definition) is 2. The van der Waals surface area contributed by atoms with Gasteiger partial charge in [-0.15, -0.1) is 0 Å². The van der Waals surface area contributed by atoms with Crippen LogP contribution < -0.4 is 10.7 Å². The van der Waals surface area contributed by atoms with Crippen LogP contribution in [-0.4, -0.2) is 53.7 Å². The van der Waals surface area contributed by atoms with E-state index in [9.17, 15) is 4.79 Å². The second-order valence-electron chi connectivity index (χ2n) is 4.26. The van der Waals surface area contributed by atoms with Crippen molar-refractivity contribution in [3.8, 4) is 0 Å². The summed E-state index contributed by atoms with van der Waals surface area (Å²) in [6, 6.07) is 0. The number of anilines is 1. The fourth-order valence-electron chi connectivity index (χ4n) is 1.69. The van der Waals surface area contributed by atoms with Gasteiger partial charge in [-0.1, -0.05) is 6.92 Å². The first-order valence-electron chi connectivity index (χ1n) is 6.49. The molecule has 104 valence electrons. The van der Waals surface area contributed by atoms with Gasteiger partial charge in [0.05, 0.1) is 25.6 Å². The maximum Gasteiger partial charge on any atom is 0.285 e. The second-order valence-corrected chi connectivity index (χ2v) is 4.26. The largest absolute Gasteiger partial charge is 0.379 e. The number of rotatable bonds is 5. The molecule has 1 aliphatic rings. The Labute approximate surface area is 112 Å². The standard InChI is InChI=1S/C12H19N5O2/c1-2-3-14-11-9-13-8-10(15-11)12(18)16-17-4-6-19-7-5-17/h8-9H,2-7H2,1H3,(H,14,15)(H,16,18). The lowest BCUT2D eigenvalue weighted by Gasteiger charge is -2.26. The monoisotopic (exact) mass is 265 g/mol. The van der Waals surface area contributed by atoms with Gasteiger partial charge in [-0.25, -0.2) is 9.99 Å². The fourth-order valence-corrected chi connectivity index (χ4v) is 1.69. The van der Waals surface area contributed by atoms with E-state index in [1.54, 1.807) is 6.20 Å². The number of carbonyl (C=O) groups excluding carboxylic acids is 1. The minimum Gasteiger partial charge on any atom is -0.379 e. The zero-order chi connectivity index (χ0) is 13.5. The molecule has 0 atom stereocenters. The molecule has 7 heteroatoms. The lowest BCUT2D eigenvalue weighted by atomic mass is 10.4. The third kappa shape index (κ3) is 4.15. The molecule has 1 fully saturated rings. The molecule has 7 nitrogen and oxygen atoms in total. The summed E-state index contributed by atoms with van der Waals surface area (Å²) in [6.45, 7) is 5.51. The van der Waals surface area contributed by atoms with Crippen LogP contribution in [0.25, 0.3) is 0 Å². The summed E-state index contributed by atoms with van der Waals surface area (Å²) in [5.41, 5.74) is 3.12. The summed E-state index contributed by atoms with van der Waals surface area (Å²) >= 11 is 0. The highest BCUT2D eigenvalue weighted by atomic mass is 16.5. The first-order chi connectivity index (χ1) is 9.29. The average Bonchev–Trinajstić information content (AvgIpc) is 2.46. The summed E-state index contributed by atoms with van der Waals surface area (Å²) in [5.74, 6) is 0.381. The van der Waals surface area contributed by atoms with E-state index in [1.165, 1.54) is 6.20 Å². The van der Waals surface area contributed by atoms with Gasteiger partial charge < -0.3 is 10.1 Å². The molecule has 0 unspecified atom stereocenters. The van der Waals surface area contributed by atoms with E-state index in [1.807, 2.05) is 5.01 Å². The van der Waals surface area contributed by atoms with Gasteiger partial charge in [-0.05, 0) is 6.42 Å². The van der Waals surface area contributed by atoms with Crippen LogP contribution in [0.1, 0.15) is 23.8 Å². The molecule has 1 saturated heterocycles. The number of carbonyl (C=O) groups is 1. The van der Waals surface area contributed by atoms with Crippen LogP contribution in [0, 0.1) is 0 Å². The Balaban J connectivity index is 1.93. The Bertz CT molecular complexity index is 420. The Morgan fingerprint density at radius 1 is 1.42 bits per heavy atom. The van der Waals surface area contributed by atoms with Crippen molar-refractivity contribution in [2.45, 2.75) is 13.3 Å². The summed E-state index contributed by atoms with van der Waals surface area (Å²) < 4.78 is 5.22. The van der Waals surface area contributed by atoms with Crippen molar-refractivity contribution < 1.29 is 9.53 Å². The van der Waals surface area contributed by atoms with Crippen LogP contribution in [0.2, 0.25) is 0 Å². The highest BCUT2D eigenvalue weighted by Gasteiger charge is 2.15. The molecule has 1 aliphatic heterocycles. The average molecular weight is 265 g/mol. The molecule has 0 radical (unpaired) electrons. The molecule has 1 aromatic heterocycles. The molecule has 0 saturated carbocycles. The number of amides is 1. The smallest absolute Gasteiger partial charge is 0.285 e. The Hall–Kier alpha value is -1.73. The SMILES string of the molecule is CCCNc1cncc(C(=O)NN2CCOCC2)n1. The molecule has 19 heavy (non-hydrogen) atoms. The van der Waals surface area contributed by atoms with Gasteiger partial charge in [0.1, 0.15) is 11.5 Å². The number of morpholine rings is 1. The zero-order valence-electron chi connectivity index (χ0n) is 11.1. The Kier molecular flexibility index (Phi) is 5.05. The van der Waals surface area contributed by atoms with Crippen molar-refractivity contribution in [1.29, 1.82) is 0 Å².